The average molecular weight is 549 g/mol. The molecule has 0 heterocycles. The first-order valence-corrected chi connectivity index (χ1v) is 16.1. The molecular formula is C36H52O4. The van der Waals surface area contributed by atoms with Crippen molar-refractivity contribution < 1.29 is 19.7 Å². The Morgan fingerprint density at radius 1 is 1.02 bits per heavy atom. The maximum atomic E-state index is 12.0. The van der Waals surface area contributed by atoms with Crippen molar-refractivity contribution in [1.82, 2.24) is 0 Å². The largest absolute Gasteiger partial charge is 0.508 e. The lowest BCUT2D eigenvalue weighted by atomic mass is 9.47. The SMILES string of the molecule is CC(C)CCC[C@@H](C)[C@H]1CC[C@H]2[C@@H]3CC=C4CC(O/C(=C/c5ccc(O)cc5)C(=O)O)CC[C@]4(C)[C@H]3CC[C@]12C. The lowest BCUT2D eigenvalue weighted by Crippen LogP contribution is -2.51. The summed E-state index contributed by atoms with van der Waals surface area (Å²) in [4.78, 5) is 12.0. The molecule has 1 aromatic carbocycles. The van der Waals surface area contributed by atoms with E-state index in [1.807, 2.05) is 0 Å². The minimum absolute atomic E-state index is 0.0125. The summed E-state index contributed by atoms with van der Waals surface area (Å²) in [6.07, 6.45) is 17.7. The van der Waals surface area contributed by atoms with Crippen molar-refractivity contribution in [2.45, 2.75) is 111 Å². The third kappa shape index (κ3) is 5.61. The lowest BCUT2D eigenvalue weighted by molar-refractivity contribution is -0.138. The summed E-state index contributed by atoms with van der Waals surface area (Å²) >= 11 is 0. The van der Waals surface area contributed by atoms with Crippen molar-refractivity contribution in [3.8, 4) is 5.75 Å². The van der Waals surface area contributed by atoms with Gasteiger partial charge in [-0.1, -0.05) is 77.7 Å². The number of aliphatic carboxylic acids is 1. The van der Waals surface area contributed by atoms with E-state index >= 15 is 0 Å². The van der Waals surface area contributed by atoms with Crippen molar-refractivity contribution in [3.63, 3.8) is 0 Å². The van der Waals surface area contributed by atoms with Crippen molar-refractivity contribution in [3.05, 3.63) is 47.2 Å². The van der Waals surface area contributed by atoms with Crippen LogP contribution >= 0.6 is 0 Å². The van der Waals surface area contributed by atoms with Crippen molar-refractivity contribution in [2.24, 2.45) is 46.3 Å². The van der Waals surface area contributed by atoms with Gasteiger partial charge in [-0.05, 0) is 115 Å². The molecular weight excluding hydrogens is 496 g/mol. The molecule has 4 nitrogen and oxygen atoms in total. The van der Waals surface area contributed by atoms with Crippen molar-refractivity contribution in [2.75, 3.05) is 0 Å². The molecule has 0 aliphatic heterocycles. The van der Waals surface area contributed by atoms with E-state index in [0.717, 1.165) is 54.8 Å². The summed E-state index contributed by atoms with van der Waals surface area (Å²) in [6, 6.07) is 6.55. The van der Waals surface area contributed by atoms with Gasteiger partial charge in [-0.15, -0.1) is 0 Å². The van der Waals surface area contributed by atoms with Crippen LogP contribution in [0.2, 0.25) is 0 Å². The molecule has 1 unspecified atom stereocenters. The first kappa shape index (κ1) is 29.3. The van der Waals surface area contributed by atoms with Gasteiger partial charge in [0.15, 0.2) is 0 Å². The zero-order valence-electron chi connectivity index (χ0n) is 25.5. The van der Waals surface area contributed by atoms with E-state index < -0.39 is 5.97 Å². The highest BCUT2D eigenvalue weighted by molar-refractivity contribution is 5.89. The third-order valence-corrected chi connectivity index (χ3v) is 12.0. The van der Waals surface area contributed by atoms with Crippen LogP contribution in [0.25, 0.3) is 6.08 Å². The molecule has 0 radical (unpaired) electrons. The molecule has 220 valence electrons. The first-order valence-electron chi connectivity index (χ1n) is 16.1. The number of hydrogen-bond acceptors (Lipinski definition) is 3. The van der Waals surface area contributed by atoms with E-state index in [0.29, 0.717) is 11.0 Å². The molecule has 2 N–H and O–H groups in total. The second-order valence-corrected chi connectivity index (χ2v) is 14.7. The molecule has 5 rings (SSSR count). The maximum absolute atomic E-state index is 12.0. The third-order valence-electron chi connectivity index (χ3n) is 12.0. The maximum Gasteiger partial charge on any atom is 0.371 e. The van der Waals surface area contributed by atoms with E-state index in [9.17, 15) is 15.0 Å². The molecule has 0 amide bonds. The van der Waals surface area contributed by atoms with E-state index in [-0.39, 0.29) is 23.0 Å². The number of carboxylic acids is 1. The van der Waals surface area contributed by atoms with E-state index in [2.05, 4.69) is 40.7 Å². The van der Waals surface area contributed by atoms with Crippen LogP contribution in [0.4, 0.5) is 0 Å². The molecule has 0 saturated heterocycles. The standard InChI is InChI=1S/C36H52O4/c1-23(2)7-6-8-24(3)30-15-16-31-29-14-11-26-22-28(17-19-35(26,4)32(29)18-20-36(30,31)5)40-33(34(38)39)21-25-9-12-27(37)13-10-25/h9-13,21,23-24,28-32,37H,6-8,14-20,22H2,1-5H3,(H,38,39)/b33-21+/t24-,28?,29+,30-,31+,32+,35+,36-/m1/s1. The van der Waals surface area contributed by atoms with Gasteiger partial charge in [-0.2, -0.15) is 0 Å². The second kappa shape index (κ2) is 11.6. The number of ether oxygens (including phenoxy) is 1. The molecule has 4 heteroatoms. The Morgan fingerprint density at radius 3 is 2.48 bits per heavy atom. The number of allylic oxidation sites excluding steroid dienone is 1. The number of rotatable bonds is 9. The number of phenolic OH excluding ortho intramolecular Hbond substituents is 1. The molecule has 4 aliphatic rings. The van der Waals surface area contributed by atoms with Gasteiger partial charge < -0.3 is 14.9 Å². The number of fused-ring (bicyclic) bond motifs is 5. The Kier molecular flexibility index (Phi) is 8.47. The van der Waals surface area contributed by atoms with Crippen LogP contribution in [0.15, 0.2) is 41.7 Å². The van der Waals surface area contributed by atoms with Gasteiger partial charge in [0.25, 0.3) is 0 Å². The van der Waals surface area contributed by atoms with E-state index in [1.165, 1.54) is 56.9 Å². The van der Waals surface area contributed by atoms with Crippen LogP contribution in [0.5, 0.6) is 5.75 Å². The molecule has 0 bridgehead atoms. The zero-order valence-corrected chi connectivity index (χ0v) is 25.5. The molecule has 40 heavy (non-hydrogen) atoms. The van der Waals surface area contributed by atoms with Gasteiger partial charge in [-0.25, -0.2) is 4.79 Å². The number of carboxylic acid groups (broad SMARTS) is 1. The summed E-state index contributed by atoms with van der Waals surface area (Å²) in [6.45, 7) is 12.4. The molecule has 0 aromatic heterocycles. The van der Waals surface area contributed by atoms with Crippen molar-refractivity contribution in [1.29, 1.82) is 0 Å². The van der Waals surface area contributed by atoms with Gasteiger partial charge in [-0.3, -0.25) is 0 Å². The van der Waals surface area contributed by atoms with Gasteiger partial charge >= 0.3 is 5.97 Å². The first-order chi connectivity index (χ1) is 19.0. The zero-order chi connectivity index (χ0) is 28.7. The summed E-state index contributed by atoms with van der Waals surface area (Å²) < 4.78 is 6.15. The highest BCUT2D eigenvalue weighted by Gasteiger charge is 2.59. The fourth-order valence-electron chi connectivity index (χ4n) is 9.80. The Labute approximate surface area is 242 Å². The normalized spacial score (nSPS) is 36.3. The minimum atomic E-state index is -1.04. The number of hydrogen-bond donors (Lipinski definition) is 2. The average Bonchev–Trinajstić information content (AvgIpc) is 3.26. The second-order valence-electron chi connectivity index (χ2n) is 14.7. The monoisotopic (exact) mass is 548 g/mol. The predicted octanol–water partition coefficient (Wildman–Crippen LogP) is 9.24. The fraction of sp³-hybridized carbons (Fsp3) is 0.694. The molecule has 4 aliphatic carbocycles. The number of aromatic hydroxyl groups is 1. The van der Waals surface area contributed by atoms with Crippen molar-refractivity contribution >= 4 is 12.0 Å². The summed E-state index contributed by atoms with van der Waals surface area (Å²) in [5.41, 5.74) is 2.94. The number of benzene rings is 1. The highest BCUT2D eigenvalue weighted by Crippen LogP contribution is 2.67. The van der Waals surface area contributed by atoms with Crippen LogP contribution in [-0.4, -0.2) is 22.3 Å². The number of phenols is 1. The van der Waals surface area contributed by atoms with Crippen LogP contribution in [-0.2, 0) is 9.53 Å². The van der Waals surface area contributed by atoms with Gasteiger partial charge in [0.05, 0.1) is 0 Å². The molecule has 1 aromatic rings. The summed E-state index contributed by atoms with van der Waals surface area (Å²) in [5.74, 6) is 4.01. The quantitative estimate of drug-likeness (QED) is 0.183. The lowest BCUT2D eigenvalue weighted by Gasteiger charge is -2.58. The Bertz CT molecular complexity index is 1120. The van der Waals surface area contributed by atoms with Crippen LogP contribution < -0.4 is 0 Å². The predicted molar refractivity (Wildman–Crippen MR) is 162 cm³/mol. The fourth-order valence-corrected chi connectivity index (χ4v) is 9.80. The summed E-state index contributed by atoms with van der Waals surface area (Å²) in [5, 5.41) is 19.4. The highest BCUT2D eigenvalue weighted by atomic mass is 16.5. The minimum Gasteiger partial charge on any atom is -0.508 e. The van der Waals surface area contributed by atoms with E-state index in [4.69, 9.17) is 4.74 Å². The topological polar surface area (TPSA) is 66.8 Å². The molecule has 3 fully saturated rings. The van der Waals surface area contributed by atoms with Crippen LogP contribution in [0.1, 0.15) is 111 Å². The van der Waals surface area contributed by atoms with Gasteiger partial charge in [0.2, 0.25) is 5.76 Å². The summed E-state index contributed by atoms with van der Waals surface area (Å²) in [7, 11) is 0. The Morgan fingerprint density at radius 2 is 1.77 bits per heavy atom. The van der Waals surface area contributed by atoms with Crippen LogP contribution in [0, 0.1) is 46.3 Å². The Balaban J connectivity index is 1.27. The molecule has 0 spiro atoms. The molecule has 8 atom stereocenters. The van der Waals surface area contributed by atoms with E-state index in [1.54, 1.807) is 30.3 Å². The smallest absolute Gasteiger partial charge is 0.371 e. The van der Waals surface area contributed by atoms with Gasteiger partial charge in [0, 0.05) is 6.42 Å². The number of carbonyl (C=O) groups is 1. The Hall–Kier alpha value is -2.23. The van der Waals surface area contributed by atoms with Gasteiger partial charge in [0.1, 0.15) is 11.9 Å². The van der Waals surface area contributed by atoms with Crippen LogP contribution in [0.3, 0.4) is 0 Å². The molecule has 3 saturated carbocycles.